The summed E-state index contributed by atoms with van der Waals surface area (Å²) in [4.78, 5) is 4.42. The Morgan fingerprint density at radius 3 is 2.00 bits per heavy atom. The minimum atomic E-state index is -1.36. The lowest BCUT2D eigenvalue weighted by Gasteiger charge is -2.33. The second kappa shape index (κ2) is 7.50. The summed E-state index contributed by atoms with van der Waals surface area (Å²) in [5, 5.41) is 21.4. The lowest BCUT2D eigenvalue weighted by molar-refractivity contribution is 0.0589. The van der Waals surface area contributed by atoms with Crippen molar-refractivity contribution >= 4 is 6.21 Å². The summed E-state index contributed by atoms with van der Waals surface area (Å²) in [5.74, 6) is -0.524. The molecule has 3 aromatic carbocycles. The standard InChI is InChI=1S/C22H20FNO2/c1-16(24-15-17-14-20(23)12-13-21(17)25)22(26,18-8-4-2-5-9-18)19-10-6-3-7-11-19/h2-16,25-26H,1H3/t16-/m1/s1. The number of phenols is 1. The predicted molar refractivity (Wildman–Crippen MR) is 101 cm³/mol. The van der Waals surface area contributed by atoms with Gasteiger partial charge in [0.15, 0.2) is 0 Å². The molecule has 1 atom stereocenters. The zero-order valence-corrected chi connectivity index (χ0v) is 14.4. The van der Waals surface area contributed by atoms with Gasteiger partial charge >= 0.3 is 0 Å². The first-order valence-corrected chi connectivity index (χ1v) is 8.37. The molecule has 0 amide bonds. The van der Waals surface area contributed by atoms with E-state index in [1.54, 1.807) is 6.92 Å². The molecule has 0 radical (unpaired) electrons. The van der Waals surface area contributed by atoms with Crippen LogP contribution < -0.4 is 0 Å². The van der Waals surface area contributed by atoms with Gasteiger partial charge in [-0.15, -0.1) is 0 Å². The van der Waals surface area contributed by atoms with Crippen molar-refractivity contribution in [1.29, 1.82) is 0 Å². The molecule has 3 rings (SSSR count). The second-order valence-electron chi connectivity index (χ2n) is 6.16. The van der Waals surface area contributed by atoms with Crippen LogP contribution in [0.4, 0.5) is 4.39 Å². The molecule has 0 fully saturated rings. The Hall–Kier alpha value is -2.98. The van der Waals surface area contributed by atoms with Gasteiger partial charge in [0, 0.05) is 11.8 Å². The Morgan fingerprint density at radius 1 is 0.923 bits per heavy atom. The summed E-state index contributed by atoms with van der Waals surface area (Å²) < 4.78 is 13.4. The predicted octanol–water partition coefficient (Wildman–Crippen LogP) is 4.27. The average Bonchev–Trinajstić information content (AvgIpc) is 2.69. The van der Waals surface area contributed by atoms with Gasteiger partial charge in [-0.1, -0.05) is 60.7 Å². The van der Waals surface area contributed by atoms with Crippen molar-refractivity contribution < 1.29 is 14.6 Å². The van der Waals surface area contributed by atoms with Crippen LogP contribution in [0, 0.1) is 5.82 Å². The van der Waals surface area contributed by atoms with Gasteiger partial charge in [0.05, 0.1) is 6.04 Å². The summed E-state index contributed by atoms with van der Waals surface area (Å²) in [7, 11) is 0. The summed E-state index contributed by atoms with van der Waals surface area (Å²) >= 11 is 0. The molecule has 0 aliphatic rings. The first kappa shape index (κ1) is 17.8. The molecule has 2 N–H and O–H groups in total. The van der Waals surface area contributed by atoms with Crippen LogP contribution in [-0.2, 0) is 5.60 Å². The molecule has 0 aliphatic heterocycles. The highest BCUT2D eigenvalue weighted by molar-refractivity contribution is 5.83. The molecule has 0 unspecified atom stereocenters. The molecular formula is C22H20FNO2. The molecule has 0 aromatic heterocycles. The SMILES string of the molecule is C[C@@H](N=Cc1cc(F)ccc1O)C(O)(c1ccccc1)c1ccccc1. The van der Waals surface area contributed by atoms with Crippen molar-refractivity contribution in [2.24, 2.45) is 4.99 Å². The largest absolute Gasteiger partial charge is 0.507 e. The van der Waals surface area contributed by atoms with Gasteiger partial charge in [-0.05, 0) is 36.2 Å². The molecule has 4 heteroatoms. The van der Waals surface area contributed by atoms with Crippen molar-refractivity contribution in [1.82, 2.24) is 0 Å². The van der Waals surface area contributed by atoms with Gasteiger partial charge in [-0.2, -0.15) is 0 Å². The summed E-state index contributed by atoms with van der Waals surface area (Å²) in [5.41, 5.74) is 0.320. The first-order chi connectivity index (χ1) is 12.5. The highest BCUT2D eigenvalue weighted by Crippen LogP contribution is 2.34. The summed E-state index contributed by atoms with van der Waals surface area (Å²) in [6.45, 7) is 1.78. The van der Waals surface area contributed by atoms with Crippen molar-refractivity contribution in [2.45, 2.75) is 18.6 Å². The highest BCUT2D eigenvalue weighted by atomic mass is 19.1. The Labute approximate surface area is 152 Å². The number of aliphatic imine (C=N–C) groups is 1. The molecule has 132 valence electrons. The van der Waals surface area contributed by atoms with Crippen molar-refractivity contribution in [3.8, 4) is 5.75 Å². The van der Waals surface area contributed by atoms with E-state index in [4.69, 9.17) is 0 Å². The first-order valence-electron chi connectivity index (χ1n) is 8.37. The molecule has 3 aromatic rings. The third-order valence-corrected chi connectivity index (χ3v) is 4.46. The highest BCUT2D eigenvalue weighted by Gasteiger charge is 2.37. The topological polar surface area (TPSA) is 52.8 Å². The van der Waals surface area contributed by atoms with Gasteiger partial charge in [-0.25, -0.2) is 4.39 Å². The number of hydrogen-bond donors (Lipinski definition) is 2. The number of halogens is 1. The van der Waals surface area contributed by atoms with E-state index in [0.717, 1.165) is 0 Å². The fourth-order valence-electron chi connectivity index (χ4n) is 2.96. The molecule has 0 aliphatic carbocycles. The summed E-state index contributed by atoms with van der Waals surface area (Å²) in [6.07, 6.45) is 1.39. The Balaban J connectivity index is 2.02. The minimum absolute atomic E-state index is 0.0645. The van der Waals surface area contributed by atoms with Crippen LogP contribution >= 0.6 is 0 Å². The number of nitrogens with zero attached hydrogens (tertiary/aromatic N) is 1. The molecule has 0 bridgehead atoms. The minimum Gasteiger partial charge on any atom is -0.507 e. The van der Waals surface area contributed by atoms with Crippen molar-refractivity contribution in [3.05, 3.63) is 101 Å². The lowest BCUT2D eigenvalue weighted by atomic mass is 9.81. The fourth-order valence-corrected chi connectivity index (χ4v) is 2.96. The molecule has 0 saturated carbocycles. The number of phenolic OH excluding ortho intramolecular Hbond substituents is 1. The van der Waals surface area contributed by atoms with Crippen LogP contribution in [0.2, 0.25) is 0 Å². The van der Waals surface area contributed by atoms with E-state index in [9.17, 15) is 14.6 Å². The molecule has 26 heavy (non-hydrogen) atoms. The van der Waals surface area contributed by atoms with Crippen LogP contribution in [0.3, 0.4) is 0 Å². The van der Waals surface area contributed by atoms with E-state index in [1.807, 2.05) is 60.7 Å². The van der Waals surface area contributed by atoms with Gasteiger partial charge in [-0.3, -0.25) is 4.99 Å². The van der Waals surface area contributed by atoms with Crippen LogP contribution in [0.5, 0.6) is 5.75 Å². The zero-order valence-electron chi connectivity index (χ0n) is 14.4. The van der Waals surface area contributed by atoms with Crippen LogP contribution in [-0.4, -0.2) is 22.5 Å². The maximum absolute atomic E-state index is 13.4. The zero-order chi connectivity index (χ0) is 18.6. The third-order valence-electron chi connectivity index (χ3n) is 4.46. The number of aromatic hydroxyl groups is 1. The Kier molecular flexibility index (Phi) is 5.14. The van der Waals surface area contributed by atoms with Crippen LogP contribution in [0.25, 0.3) is 0 Å². The number of benzene rings is 3. The summed E-state index contributed by atoms with van der Waals surface area (Å²) in [6, 6.07) is 21.7. The van der Waals surface area contributed by atoms with E-state index >= 15 is 0 Å². The number of rotatable bonds is 5. The normalized spacial score (nSPS) is 13.0. The molecular weight excluding hydrogens is 329 g/mol. The lowest BCUT2D eigenvalue weighted by Crippen LogP contribution is -2.38. The molecule has 0 saturated heterocycles. The fraction of sp³-hybridized carbons (Fsp3) is 0.136. The van der Waals surface area contributed by atoms with Crippen LogP contribution in [0.15, 0.2) is 83.9 Å². The van der Waals surface area contributed by atoms with Gasteiger partial charge in [0.1, 0.15) is 17.2 Å². The van der Waals surface area contributed by atoms with Gasteiger partial charge < -0.3 is 10.2 Å². The smallest absolute Gasteiger partial charge is 0.137 e. The van der Waals surface area contributed by atoms with E-state index < -0.39 is 17.5 Å². The van der Waals surface area contributed by atoms with E-state index in [2.05, 4.69) is 4.99 Å². The number of aliphatic hydroxyl groups is 1. The maximum Gasteiger partial charge on any atom is 0.137 e. The van der Waals surface area contributed by atoms with Crippen molar-refractivity contribution in [3.63, 3.8) is 0 Å². The Morgan fingerprint density at radius 2 is 1.46 bits per heavy atom. The monoisotopic (exact) mass is 349 g/mol. The average molecular weight is 349 g/mol. The quantitative estimate of drug-likeness (QED) is 0.676. The third kappa shape index (κ3) is 3.51. The Bertz CT molecular complexity index is 855. The molecule has 0 spiro atoms. The van der Waals surface area contributed by atoms with E-state index in [-0.39, 0.29) is 11.3 Å². The maximum atomic E-state index is 13.4. The van der Waals surface area contributed by atoms with E-state index in [0.29, 0.717) is 11.1 Å². The van der Waals surface area contributed by atoms with Crippen LogP contribution in [0.1, 0.15) is 23.6 Å². The molecule has 3 nitrogen and oxygen atoms in total. The van der Waals surface area contributed by atoms with Gasteiger partial charge in [0.25, 0.3) is 0 Å². The number of hydrogen-bond acceptors (Lipinski definition) is 3. The van der Waals surface area contributed by atoms with Gasteiger partial charge in [0.2, 0.25) is 0 Å². The van der Waals surface area contributed by atoms with Crippen molar-refractivity contribution in [2.75, 3.05) is 0 Å². The molecule has 0 heterocycles. The second-order valence-corrected chi connectivity index (χ2v) is 6.16. The van der Waals surface area contributed by atoms with E-state index in [1.165, 1.54) is 24.4 Å².